The van der Waals surface area contributed by atoms with E-state index in [1.807, 2.05) is 13.8 Å². The first-order valence-corrected chi connectivity index (χ1v) is 7.31. The lowest BCUT2D eigenvalue weighted by atomic mass is 9.66. The molecule has 0 amide bonds. The fourth-order valence-electron chi connectivity index (χ4n) is 2.79. The summed E-state index contributed by atoms with van der Waals surface area (Å²) in [7, 11) is 0. The Morgan fingerprint density at radius 3 is 2.25 bits per heavy atom. The molecule has 1 saturated carbocycles. The zero-order valence-corrected chi connectivity index (χ0v) is 12.3. The van der Waals surface area contributed by atoms with E-state index >= 15 is 0 Å². The standard InChI is InChI=1S/C15H16FNO.C2H6/c16-13-4-2-12(3-5-13)15(8-1-11-17)9-6-14(18)7-10-15;1-2/h2-5H,1,6-10H2;1-2H3. The highest BCUT2D eigenvalue weighted by molar-refractivity contribution is 5.79. The molecule has 1 aromatic carbocycles. The van der Waals surface area contributed by atoms with Gasteiger partial charge in [-0.2, -0.15) is 5.26 Å². The van der Waals surface area contributed by atoms with Gasteiger partial charge in [0.1, 0.15) is 11.6 Å². The van der Waals surface area contributed by atoms with Crippen molar-refractivity contribution in [3.8, 4) is 6.07 Å². The monoisotopic (exact) mass is 275 g/mol. The first-order chi connectivity index (χ1) is 9.66. The van der Waals surface area contributed by atoms with Crippen LogP contribution in [0.15, 0.2) is 24.3 Å². The summed E-state index contributed by atoms with van der Waals surface area (Å²) in [6, 6.07) is 8.68. The molecule has 0 bridgehead atoms. The Kier molecular flexibility index (Phi) is 6.38. The molecule has 0 spiro atoms. The number of hydrogen-bond donors (Lipinski definition) is 0. The van der Waals surface area contributed by atoms with Gasteiger partial charge >= 0.3 is 0 Å². The van der Waals surface area contributed by atoms with Crippen molar-refractivity contribution in [1.29, 1.82) is 5.26 Å². The zero-order valence-electron chi connectivity index (χ0n) is 12.3. The van der Waals surface area contributed by atoms with E-state index in [2.05, 4.69) is 6.07 Å². The molecule has 1 aliphatic rings. The van der Waals surface area contributed by atoms with Crippen LogP contribution in [0, 0.1) is 17.1 Å². The van der Waals surface area contributed by atoms with Gasteiger partial charge in [-0.15, -0.1) is 0 Å². The lowest BCUT2D eigenvalue weighted by Gasteiger charge is -2.37. The van der Waals surface area contributed by atoms with Crippen molar-refractivity contribution in [3.05, 3.63) is 35.6 Å². The second-order valence-electron chi connectivity index (χ2n) is 4.98. The van der Waals surface area contributed by atoms with E-state index < -0.39 is 0 Å². The molecule has 1 aromatic rings. The van der Waals surface area contributed by atoms with Gasteiger partial charge in [0.15, 0.2) is 0 Å². The highest BCUT2D eigenvalue weighted by Crippen LogP contribution is 2.41. The summed E-state index contributed by atoms with van der Waals surface area (Å²) in [5, 5.41) is 8.78. The van der Waals surface area contributed by atoms with Gasteiger partial charge in [0.2, 0.25) is 0 Å². The molecule has 108 valence electrons. The number of halogens is 1. The number of rotatable bonds is 3. The first kappa shape index (κ1) is 16.4. The van der Waals surface area contributed by atoms with Crippen molar-refractivity contribution < 1.29 is 9.18 Å². The molecule has 0 radical (unpaired) electrons. The Balaban J connectivity index is 0.000000956. The van der Waals surface area contributed by atoms with Crippen LogP contribution >= 0.6 is 0 Å². The summed E-state index contributed by atoms with van der Waals surface area (Å²) in [5.74, 6) is 0.0470. The minimum Gasteiger partial charge on any atom is -0.300 e. The zero-order chi connectivity index (χ0) is 15.0. The molecule has 0 N–H and O–H groups in total. The van der Waals surface area contributed by atoms with Crippen LogP contribution in [0.5, 0.6) is 0 Å². The van der Waals surface area contributed by atoms with E-state index in [0.29, 0.717) is 25.0 Å². The molecule has 0 aromatic heterocycles. The Morgan fingerprint density at radius 2 is 1.75 bits per heavy atom. The number of carbonyl (C=O) groups excluding carboxylic acids is 1. The lowest BCUT2D eigenvalue weighted by Crippen LogP contribution is -2.32. The number of hydrogen-bond acceptors (Lipinski definition) is 2. The van der Waals surface area contributed by atoms with Gasteiger partial charge < -0.3 is 0 Å². The van der Waals surface area contributed by atoms with Crippen molar-refractivity contribution in [2.24, 2.45) is 0 Å². The van der Waals surface area contributed by atoms with E-state index in [1.165, 1.54) is 12.1 Å². The predicted molar refractivity (Wildman–Crippen MR) is 77.7 cm³/mol. The maximum atomic E-state index is 13.0. The molecule has 0 unspecified atom stereocenters. The van der Waals surface area contributed by atoms with Gasteiger partial charge in [0.05, 0.1) is 6.07 Å². The molecule has 0 aliphatic heterocycles. The van der Waals surface area contributed by atoms with Gasteiger partial charge in [-0.25, -0.2) is 4.39 Å². The maximum absolute atomic E-state index is 13.0. The van der Waals surface area contributed by atoms with E-state index in [9.17, 15) is 9.18 Å². The van der Waals surface area contributed by atoms with Crippen molar-refractivity contribution in [2.75, 3.05) is 0 Å². The van der Waals surface area contributed by atoms with Crippen LogP contribution in [0.2, 0.25) is 0 Å². The topological polar surface area (TPSA) is 40.9 Å². The van der Waals surface area contributed by atoms with Gasteiger partial charge in [-0.1, -0.05) is 26.0 Å². The molecule has 2 rings (SSSR count). The van der Waals surface area contributed by atoms with E-state index in [0.717, 1.165) is 24.8 Å². The fourth-order valence-corrected chi connectivity index (χ4v) is 2.79. The van der Waals surface area contributed by atoms with Crippen molar-refractivity contribution in [2.45, 2.75) is 57.8 Å². The second-order valence-corrected chi connectivity index (χ2v) is 4.98. The average Bonchev–Trinajstić information content (AvgIpc) is 2.50. The molecule has 20 heavy (non-hydrogen) atoms. The molecule has 1 aliphatic carbocycles. The van der Waals surface area contributed by atoms with Crippen molar-refractivity contribution in [1.82, 2.24) is 0 Å². The number of benzene rings is 1. The molecule has 0 heterocycles. The van der Waals surface area contributed by atoms with Gasteiger partial charge in [-0.05, 0) is 42.4 Å². The van der Waals surface area contributed by atoms with E-state index in [-0.39, 0.29) is 11.2 Å². The largest absolute Gasteiger partial charge is 0.300 e. The summed E-state index contributed by atoms with van der Waals surface area (Å²) in [6.07, 6.45) is 3.93. The quantitative estimate of drug-likeness (QED) is 0.812. The van der Waals surface area contributed by atoms with E-state index in [1.54, 1.807) is 12.1 Å². The molecule has 1 fully saturated rings. The number of nitrogens with zero attached hydrogens (tertiary/aromatic N) is 1. The van der Waals surface area contributed by atoms with Crippen LogP contribution in [0.25, 0.3) is 0 Å². The predicted octanol–water partition coefficient (Wildman–Crippen LogP) is 4.54. The summed E-state index contributed by atoms with van der Waals surface area (Å²) in [4.78, 5) is 11.4. The van der Waals surface area contributed by atoms with Crippen molar-refractivity contribution in [3.63, 3.8) is 0 Å². The molecule has 2 nitrogen and oxygen atoms in total. The number of Topliss-reactive ketones (excluding diaryl/α,β-unsaturated/α-hetero) is 1. The van der Waals surface area contributed by atoms with Crippen LogP contribution in [0.1, 0.15) is 57.9 Å². The maximum Gasteiger partial charge on any atom is 0.132 e. The Labute approximate surface area is 120 Å². The summed E-state index contributed by atoms with van der Waals surface area (Å²) in [6.45, 7) is 4.00. The minimum absolute atomic E-state index is 0.114. The number of ketones is 1. The lowest BCUT2D eigenvalue weighted by molar-refractivity contribution is -0.121. The smallest absolute Gasteiger partial charge is 0.132 e. The third kappa shape index (κ3) is 3.90. The normalized spacial score (nSPS) is 16.8. The third-order valence-electron chi connectivity index (χ3n) is 3.94. The van der Waals surface area contributed by atoms with E-state index in [4.69, 9.17) is 5.26 Å². The summed E-state index contributed by atoms with van der Waals surface area (Å²) in [5.41, 5.74) is 0.948. The van der Waals surface area contributed by atoms with Crippen LogP contribution in [0.3, 0.4) is 0 Å². The molecular formula is C17H22FNO. The minimum atomic E-state index is -0.249. The Hall–Kier alpha value is -1.69. The van der Waals surface area contributed by atoms with Crippen LogP contribution < -0.4 is 0 Å². The SMILES string of the molecule is CC.N#CCCC1(c2ccc(F)cc2)CCC(=O)CC1. The van der Waals surface area contributed by atoms with Gasteiger partial charge in [-0.3, -0.25) is 4.79 Å². The molecule has 3 heteroatoms. The fraction of sp³-hybridized carbons (Fsp3) is 0.529. The Morgan fingerprint density at radius 1 is 1.20 bits per heavy atom. The number of carbonyl (C=O) groups is 1. The van der Waals surface area contributed by atoms with Crippen LogP contribution in [-0.4, -0.2) is 5.78 Å². The molecular weight excluding hydrogens is 253 g/mol. The highest BCUT2D eigenvalue weighted by atomic mass is 19.1. The highest BCUT2D eigenvalue weighted by Gasteiger charge is 2.35. The Bertz CT molecular complexity index is 463. The summed E-state index contributed by atoms with van der Waals surface area (Å²) >= 11 is 0. The van der Waals surface area contributed by atoms with Gasteiger partial charge in [0, 0.05) is 19.3 Å². The summed E-state index contributed by atoms with van der Waals surface area (Å²) < 4.78 is 13.0. The van der Waals surface area contributed by atoms with Crippen LogP contribution in [0.4, 0.5) is 4.39 Å². The second kappa shape index (κ2) is 7.79. The van der Waals surface area contributed by atoms with Crippen LogP contribution in [-0.2, 0) is 10.2 Å². The average molecular weight is 275 g/mol. The van der Waals surface area contributed by atoms with Crippen molar-refractivity contribution >= 4 is 5.78 Å². The third-order valence-corrected chi connectivity index (χ3v) is 3.94. The van der Waals surface area contributed by atoms with Gasteiger partial charge in [0.25, 0.3) is 0 Å². The molecule has 0 atom stereocenters. The molecule has 0 saturated heterocycles. The number of nitriles is 1. The first-order valence-electron chi connectivity index (χ1n) is 7.31.